The summed E-state index contributed by atoms with van der Waals surface area (Å²) >= 11 is 0. The number of halogens is 6. The van der Waals surface area contributed by atoms with Crippen LogP contribution in [0.1, 0.15) is 21.6 Å². The van der Waals surface area contributed by atoms with Crippen molar-refractivity contribution in [3.63, 3.8) is 0 Å². The van der Waals surface area contributed by atoms with Gasteiger partial charge in [-0.05, 0) is 43.7 Å². The summed E-state index contributed by atoms with van der Waals surface area (Å²) in [6, 6.07) is 4.32. The third kappa shape index (κ3) is 6.47. The zero-order valence-corrected chi connectivity index (χ0v) is 22.0. The van der Waals surface area contributed by atoms with E-state index in [0.29, 0.717) is 54.1 Å². The maximum Gasteiger partial charge on any atom is 0.573 e. The summed E-state index contributed by atoms with van der Waals surface area (Å²) in [5, 5.41) is 8.80. The van der Waals surface area contributed by atoms with Gasteiger partial charge < -0.3 is 25.2 Å². The Morgan fingerprint density at radius 2 is 1.78 bits per heavy atom. The van der Waals surface area contributed by atoms with Crippen LogP contribution in [0, 0.1) is 0 Å². The van der Waals surface area contributed by atoms with Crippen LogP contribution < -0.4 is 20.3 Å². The number of likely N-dealkylation sites (N-methyl/N-ethyl adjacent to an activating group) is 1. The van der Waals surface area contributed by atoms with Gasteiger partial charge in [0.1, 0.15) is 6.54 Å². The van der Waals surface area contributed by atoms with Gasteiger partial charge in [-0.3, -0.25) is 9.48 Å². The fourth-order valence-corrected chi connectivity index (χ4v) is 4.87. The van der Waals surface area contributed by atoms with Crippen LogP contribution in [-0.2, 0) is 19.9 Å². The van der Waals surface area contributed by atoms with E-state index < -0.39 is 30.7 Å². The number of ether oxygens (including phenoxy) is 1. The van der Waals surface area contributed by atoms with E-state index in [4.69, 9.17) is 0 Å². The van der Waals surface area contributed by atoms with Crippen molar-refractivity contribution in [2.45, 2.75) is 25.4 Å². The van der Waals surface area contributed by atoms with Crippen molar-refractivity contribution < 1.29 is 35.9 Å². The van der Waals surface area contributed by atoms with Crippen LogP contribution >= 0.6 is 0 Å². The molecule has 0 atom stereocenters. The molecule has 0 unspecified atom stereocenters. The molecule has 1 saturated heterocycles. The number of benzene rings is 1. The highest BCUT2D eigenvalue weighted by molar-refractivity contribution is 5.96. The Labute approximate surface area is 230 Å². The van der Waals surface area contributed by atoms with Gasteiger partial charge in [0.25, 0.3) is 5.91 Å². The van der Waals surface area contributed by atoms with Gasteiger partial charge in [-0.2, -0.15) is 18.3 Å². The number of piperazine rings is 1. The molecule has 1 aliphatic carbocycles. The van der Waals surface area contributed by atoms with Gasteiger partial charge in [0, 0.05) is 50.7 Å². The van der Waals surface area contributed by atoms with Crippen LogP contribution in [0.2, 0.25) is 0 Å². The number of nitrogens with one attached hydrogen (secondary N) is 2. The second-order valence-electron chi connectivity index (χ2n) is 9.81. The monoisotopic (exact) mass is 584 g/mol. The molecule has 0 spiro atoms. The van der Waals surface area contributed by atoms with Crippen molar-refractivity contribution >= 4 is 23.2 Å². The van der Waals surface area contributed by atoms with Gasteiger partial charge in [-0.25, -0.2) is 9.97 Å². The van der Waals surface area contributed by atoms with Crippen molar-refractivity contribution in [3.8, 4) is 17.1 Å². The van der Waals surface area contributed by atoms with Crippen LogP contribution in [-0.4, -0.2) is 82.9 Å². The number of aromatic nitrogens is 4. The third-order valence-corrected chi connectivity index (χ3v) is 6.85. The Hall–Kier alpha value is -4.08. The highest BCUT2D eigenvalue weighted by atomic mass is 19.4. The second kappa shape index (κ2) is 10.7. The predicted octanol–water partition coefficient (Wildman–Crippen LogP) is 3.66. The Kier molecular flexibility index (Phi) is 7.44. The molecule has 2 N–H and O–H groups in total. The summed E-state index contributed by atoms with van der Waals surface area (Å²) in [7, 11) is 3.52. The molecule has 1 aromatic carbocycles. The van der Waals surface area contributed by atoms with Gasteiger partial charge in [-0.15, -0.1) is 13.2 Å². The number of aryl methyl sites for hydroxylation is 2. The molecule has 0 radical (unpaired) electrons. The van der Waals surface area contributed by atoms with Crippen LogP contribution in [0.4, 0.5) is 43.7 Å². The molecule has 2 aromatic heterocycles. The first-order valence-corrected chi connectivity index (χ1v) is 12.6. The molecule has 1 aliphatic heterocycles. The minimum atomic E-state index is -4.94. The van der Waals surface area contributed by atoms with E-state index in [-0.39, 0.29) is 17.3 Å². The summed E-state index contributed by atoms with van der Waals surface area (Å²) in [4.78, 5) is 25.4. The smallest absolute Gasteiger partial charge is 0.404 e. The fourth-order valence-electron chi connectivity index (χ4n) is 4.87. The normalized spacial score (nSPS) is 15.8. The minimum absolute atomic E-state index is 0.00744. The maximum absolute atomic E-state index is 13.2. The summed E-state index contributed by atoms with van der Waals surface area (Å²) in [6.45, 7) is 1.46. The molecule has 220 valence electrons. The molecule has 1 fully saturated rings. The number of fused-ring (bicyclic) bond motifs is 3. The molecular weight excluding hydrogens is 558 g/mol. The molecule has 3 aromatic rings. The Balaban J connectivity index is 1.46. The van der Waals surface area contributed by atoms with Gasteiger partial charge in [0.2, 0.25) is 5.95 Å². The van der Waals surface area contributed by atoms with Gasteiger partial charge in [0.05, 0.1) is 17.1 Å². The number of anilines is 3. The molecule has 10 nitrogen and oxygen atoms in total. The number of carbonyl (C=O) groups is 1. The lowest BCUT2D eigenvalue weighted by Crippen LogP contribution is -2.44. The number of rotatable bonds is 6. The zero-order valence-electron chi connectivity index (χ0n) is 22.0. The topological polar surface area (TPSA) is 100 Å². The largest absolute Gasteiger partial charge is 0.573 e. The Bertz CT molecular complexity index is 1450. The first kappa shape index (κ1) is 28.4. The average molecular weight is 585 g/mol. The quantitative estimate of drug-likeness (QED) is 0.424. The summed E-state index contributed by atoms with van der Waals surface area (Å²) in [5.74, 6) is -1.48. The predicted molar refractivity (Wildman–Crippen MR) is 136 cm³/mol. The Morgan fingerprint density at radius 3 is 2.46 bits per heavy atom. The van der Waals surface area contributed by atoms with Gasteiger partial charge in [-0.1, -0.05) is 0 Å². The van der Waals surface area contributed by atoms with Crippen LogP contribution in [0.3, 0.4) is 0 Å². The first-order chi connectivity index (χ1) is 19.3. The van der Waals surface area contributed by atoms with E-state index in [0.717, 1.165) is 13.1 Å². The van der Waals surface area contributed by atoms with E-state index in [2.05, 4.69) is 30.0 Å². The second-order valence-corrected chi connectivity index (χ2v) is 9.81. The van der Waals surface area contributed by atoms with Crippen molar-refractivity contribution in [2.24, 2.45) is 7.05 Å². The van der Waals surface area contributed by atoms with E-state index in [1.54, 1.807) is 6.07 Å². The zero-order chi connectivity index (χ0) is 29.5. The van der Waals surface area contributed by atoms with E-state index in [9.17, 15) is 31.1 Å². The first-order valence-electron chi connectivity index (χ1n) is 12.6. The lowest BCUT2D eigenvalue weighted by molar-refractivity contribution is -0.274. The van der Waals surface area contributed by atoms with Crippen molar-refractivity contribution in [1.29, 1.82) is 0 Å². The molecule has 41 heavy (non-hydrogen) atoms. The van der Waals surface area contributed by atoms with E-state index >= 15 is 0 Å². The highest BCUT2D eigenvalue weighted by Crippen LogP contribution is 2.37. The average Bonchev–Trinajstić information content (AvgIpc) is 3.24. The summed E-state index contributed by atoms with van der Waals surface area (Å²) in [6.07, 6.45) is -7.30. The third-order valence-electron chi connectivity index (χ3n) is 6.85. The number of hydrogen-bond donors (Lipinski definition) is 2. The molecule has 0 saturated carbocycles. The number of alkyl halides is 6. The van der Waals surface area contributed by atoms with Crippen molar-refractivity contribution in [3.05, 3.63) is 41.2 Å². The van der Waals surface area contributed by atoms with Crippen molar-refractivity contribution in [2.75, 3.05) is 50.0 Å². The Morgan fingerprint density at radius 1 is 1.05 bits per heavy atom. The molecule has 16 heteroatoms. The fraction of sp³-hybridized carbons (Fsp3) is 0.440. The molecule has 0 bridgehead atoms. The lowest BCUT2D eigenvalue weighted by Gasteiger charge is -2.34. The lowest BCUT2D eigenvalue weighted by atomic mass is 9.93. The summed E-state index contributed by atoms with van der Waals surface area (Å²) in [5.41, 5.74) is 2.41. The highest BCUT2D eigenvalue weighted by Gasteiger charge is 2.34. The molecular formula is C25H26F6N8O2. The molecule has 5 rings (SSSR count). The maximum atomic E-state index is 13.2. The van der Waals surface area contributed by atoms with Crippen LogP contribution in [0.5, 0.6) is 5.75 Å². The number of hydrogen-bond acceptors (Lipinski definition) is 8. The van der Waals surface area contributed by atoms with E-state index in [1.165, 1.54) is 30.1 Å². The summed E-state index contributed by atoms with van der Waals surface area (Å²) < 4.78 is 83.0. The molecule has 2 aliphatic rings. The standard InChI is InChI=1S/C25H26F6N8O2/c1-37-7-9-39(10-8-37)15-4-6-18(41-25(29,30)31)17(11-15)34-23-32-12-14-3-5-16-20(22(40)33-13-24(26,27)28)36-38(2)21(16)19(14)35-23/h4,6,11-12H,3,5,7-10,13H2,1-2H3,(H,33,40)(H,32,34,35). The SMILES string of the molecule is CN1CCN(c2ccc(OC(F)(F)F)c(Nc3ncc4c(n3)-c3c(c(C(=O)NCC(F)(F)F)nn3C)CC4)c2)CC1. The van der Waals surface area contributed by atoms with Gasteiger partial charge >= 0.3 is 12.5 Å². The molecule has 1 amide bonds. The minimum Gasteiger partial charge on any atom is -0.404 e. The van der Waals surface area contributed by atoms with Crippen LogP contribution in [0.15, 0.2) is 24.4 Å². The van der Waals surface area contributed by atoms with Crippen molar-refractivity contribution in [1.82, 2.24) is 30.0 Å². The number of nitrogens with zero attached hydrogens (tertiary/aromatic N) is 6. The van der Waals surface area contributed by atoms with Gasteiger partial charge in [0.15, 0.2) is 11.4 Å². The van der Waals surface area contributed by atoms with E-state index in [1.807, 2.05) is 17.3 Å². The number of carbonyl (C=O) groups excluding carboxylic acids is 1. The molecule has 3 heterocycles. The van der Waals surface area contributed by atoms with Crippen LogP contribution in [0.25, 0.3) is 11.4 Å². The number of amides is 1.